The highest BCUT2D eigenvalue weighted by atomic mass is 32.1. The molecule has 1 fully saturated rings. The SMILES string of the molecule is CC1CCN(C(=O)c2ccns2)C1. The highest BCUT2D eigenvalue weighted by Gasteiger charge is 2.24. The van der Waals surface area contributed by atoms with Crippen LogP contribution in [0.3, 0.4) is 0 Å². The van der Waals surface area contributed by atoms with Crippen LogP contribution < -0.4 is 0 Å². The van der Waals surface area contributed by atoms with Gasteiger partial charge in [-0.05, 0) is 29.9 Å². The zero-order valence-corrected chi connectivity index (χ0v) is 8.38. The summed E-state index contributed by atoms with van der Waals surface area (Å²) in [5.41, 5.74) is 0. The molecular weight excluding hydrogens is 184 g/mol. The van der Waals surface area contributed by atoms with Crippen molar-refractivity contribution in [1.29, 1.82) is 0 Å². The molecule has 0 bridgehead atoms. The average Bonchev–Trinajstić information content (AvgIpc) is 2.72. The number of carbonyl (C=O) groups excluding carboxylic acids is 1. The molecule has 2 rings (SSSR count). The van der Waals surface area contributed by atoms with Gasteiger partial charge in [-0.3, -0.25) is 4.79 Å². The van der Waals surface area contributed by atoms with Crippen LogP contribution in [-0.4, -0.2) is 28.3 Å². The molecule has 1 unspecified atom stereocenters. The normalized spacial score (nSPS) is 22.2. The second-order valence-corrected chi connectivity index (χ2v) is 4.35. The molecule has 0 aliphatic carbocycles. The minimum atomic E-state index is 0.145. The number of nitrogens with zero attached hydrogens (tertiary/aromatic N) is 2. The van der Waals surface area contributed by atoms with Crippen LogP contribution in [0.15, 0.2) is 12.3 Å². The van der Waals surface area contributed by atoms with E-state index in [1.165, 1.54) is 11.5 Å². The standard InChI is InChI=1S/C9H12N2OS/c1-7-3-5-11(6-7)9(12)8-2-4-10-13-8/h2,4,7H,3,5-6H2,1H3. The van der Waals surface area contributed by atoms with Gasteiger partial charge in [0.25, 0.3) is 5.91 Å². The number of hydrogen-bond donors (Lipinski definition) is 0. The van der Waals surface area contributed by atoms with Crippen molar-refractivity contribution >= 4 is 17.4 Å². The molecular formula is C9H12N2OS. The van der Waals surface area contributed by atoms with E-state index >= 15 is 0 Å². The Kier molecular flexibility index (Phi) is 2.31. The van der Waals surface area contributed by atoms with E-state index in [0.717, 1.165) is 24.4 Å². The number of hydrogen-bond acceptors (Lipinski definition) is 3. The third-order valence-corrected chi connectivity index (χ3v) is 3.09. The first-order valence-corrected chi connectivity index (χ1v) is 5.24. The molecule has 0 saturated carbocycles. The Bertz CT molecular complexity index is 297. The largest absolute Gasteiger partial charge is 0.338 e. The summed E-state index contributed by atoms with van der Waals surface area (Å²) in [6.07, 6.45) is 2.81. The summed E-state index contributed by atoms with van der Waals surface area (Å²) in [5.74, 6) is 0.795. The van der Waals surface area contributed by atoms with Crippen molar-refractivity contribution in [2.75, 3.05) is 13.1 Å². The Labute approximate surface area is 81.5 Å². The molecule has 1 aromatic rings. The molecule has 0 N–H and O–H groups in total. The lowest BCUT2D eigenvalue weighted by atomic mass is 10.2. The topological polar surface area (TPSA) is 33.2 Å². The molecule has 4 heteroatoms. The van der Waals surface area contributed by atoms with Gasteiger partial charge in [0, 0.05) is 19.3 Å². The molecule has 0 radical (unpaired) electrons. The van der Waals surface area contributed by atoms with Crippen LogP contribution in [0.5, 0.6) is 0 Å². The van der Waals surface area contributed by atoms with Crippen molar-refractivity contribution in [2.24, 2.45) is 5.92 Å². The Morgan fingerprint density at radius 1 is 1.77 bits per heavy atom. The van der Waals surface area contributed by atoms with Crippen molar-refractivity contribution in [3.8, 4) is 0 Å². The molecule has 70 valence electrons. The van der Waals surface area contributed by atoms with Crippen LogP contribution in [0.25, 0.3) is 0 Å². The van der Waals surface area contributed by atoms with E-state index in [-0.39, 0.29) is 5.91 Å². The summed E-state index contributed by atoms with van der Waals surface area (Å²) in [6.45, 7) is 3.98. The molecule has 3 nitrogen and oxygen atoms in total. The van der Waals surface area contributed by atoms with Crippen LogP contribution >= 0.6 is 11.5 Å². The van der Waals surface area contributed by atoms with Crippen molar-refractivity contribution in [1.82, 2.24) is 9.27 Å². The zero-order valence-electron chi connectivity index (χ0n) is 7.56. The summed E-state index contributed by atoms with van der Waals surface area (Å²) < 4.78 is 3.93. The molecule has 1 saturated heterocycles. The highest BCUT2D eigenvalue weighted by Crippen LogP contribution is 2.18. The zero-order chi connectivity index (χ0) is 9.26. The van der Waals surface area contributed by atoms with E-state index < -0.39 is 0 Å². The Hall–Kier alpha value is -0.900. The molecule has 1 atom stereocenters. The fourth-order valence-electron chi connectivity index (χ4n) is 1.60. The number of rotatable bonds is 1. The summed E-state index contributed by atoms with van der Waals surface area (Å²) in [5, 5.41) is 0. The first-order chi connectivity index (χ1) is 6.27. The predicted octanol–water partition coefficient (Wildman–Crippen LogP) is 1.63. The van der Waals surface area contributed by atoms with Gasteiger partial charge in [0.15, 0.2) is 0 Å². The van der Waals surface area contributed by atoms with E-state index in [2.05, 4.69) is 11.3 Å². The number of amides is 1. The second-order valence-electron chi connectivity index (χ2n) is 3.52. The van der Waals surface area contributed by atoms with Gasteiger partial charge in [-0.2, -0.15) is 0 Å². The summed E-state index contributed by atoms with van der Waals surface area (Å²) >= 11 is 1.28. The van der Waals surface area contributed by atoms with Gasteiger partial charge in [-0.15, -0.1) is 0 Å². The number of carbonyl (C=O) groups is 1. The molecule has 0 aromatic carbocycles. The van der Waals surface area contributed by atoms with Crippen LogP contribution in [0.1, 0.15) is 23.0 Å². The highest BCUT2D eigenvalue weighted by molar-refractivity contribution is 7.08. The summed E-state index contributed by atoms with van der Waals surface area (Å²) in [4.78, 5) is 14.4. The maximum absolute atomic E-state index is 11.7. The third kappa shape index (κ3) is 1.72. The van der Waals surface area contributed by atoms with Crippen LogP contribution in [-0.2, 0) is 0 Å². The predicted molar refractivity (Wildman–Crippen MR) is 51.8 cm³/mol. The molecule has 1 aromatic heterocycles. The van der Waals surface area contributed by atoms with Crippen LogP contribution in [0, 0.1) is 5.92 Å². The van der Waals surface area contributed by atoms with Gasteiger partial charge in [0.05, 0.1) is 0 Å². The van der Waals surface area contributed by atoms with E-state index in [1.807, 2.05) is 4.90 Å². The van der Waals surface area contributed by atoms with Gasteiger partial charge in [-0.1, -0.05) is 6.92 Å². The number of likely N-dealkylation sites (tertiary alicyclic amines) is 1. The van der Waals surface area contributed by atoms with Crippen LogP contribution in [0.4, 0.5) is 0 Å². The Morgan fingerprint density at radius 3 is 3.15 bits per heavy atom. The van der Waals surface area contributed by atoms with Crippen molar-refractivity contribution in [2.45, 2.75) is 13.3 Å². The van der Waals surface area contributed by atoms with Crippen molar-refractivity contribution in [3.05, 3.63) is 17.1 Å². The van der Waals surface area contributed by atoms with E-state index in [4.69, 9.17) is 0 Å². The van der Waals surface area contributed by atoms with E-state index in [1.54, 1.807) is 12.3 Å². The maximum Gasteiger partial charge on any atom is 0.265 e. The molecule has 13 heavy (non-hydrogen) atoms. The fourth-order valence-corrected chi connectivity index (χ4v) is 2.17. The first kappa shape index (κ1) is 8.69. The second kappa shape index (κ2) is 3.46. The van der Waals surface area contributed by atoms with Gasteiger partial charge in [0.2, 0.25) is 0 Å². The molecule has 1 aliphatic rings. The number of aromatic nitrogens is 1. The summed E-state index contributed by atoms with van der Waals surface area (Å²) in [6, 6.07) is 1.79. The average molecular weight is 196 g/mol. The van der Waals surface area contributed by atoms with Gasteiger partial charge < -0.3 is 4.90 Å². The van der Waals surface area contributed by atoms with Gasteiger partial charge in [0.1, 0.15) is 4.88 Å². The lowest BCUT2D eigenvalue weighted by Crippen LogP contribution is -2.27. The van der Waals surface area contributed by atoms with Crippen molar-refractivity contribution in [3.63, 3.8) is 0 Å². The smallest absolute Gasteiger partial charge is 0.265 e. The van der Waals surface area contributed by atoms with E-state index in [9.17, 15) is 4.79 Å². The Morgan fingerprint density at radius 2 is 2.62 bits per heavy atom. The van der Waals surface area contributed by atoms with E-state index in [0.29, 0.717) is 5.92 Å². The minimum absolute atomic E-state index is 0.145. The third-order valence-electron chi connectivity index (χ3n) is 2.36. The van der Waals surface area contributed by atoms with Gasteiger partial charge >= 0.3 is 0 Å². The lowest BCUT2D eigenvalue weighted by molar-refractivity contribution is 0.0793. The van der Waals surface area contributed by atoms with Crippen LogP contribution in [0.2, 0.25) is 0 Å². The Balaban J connectivity index is 2.06. The monoisotopic (exact) mass is 196 g/mol. The fraction of sp³-hybridized carbons (Fsp3) is 0.556. The van der Waals surface area contributed by atoms with Crippen molar-refractivity contribution < 1.29 is 4.79 Å². The maximum atomic E-state index is 11.7. The quantitative estimate of drug-likeness (QED) is 0.684. The summed E-state index contributed by atoms with van der Waals surface area (Å²) in [7, 11) is 0. The first-order valence-electron chi connectivity index (χ1n) is 4.47. The van der Waals surface area contributed by atoms with Gasteiger partial charge in [-0.25, -0.2) is 4.37 Å². The molecule has 0 spiro atoms. The molecule has 1 aliphatic heterocycles. The molecule has 1 amide bonds. The minimum Gasteiger partial charge on any atom is -0.338 e. The molecule has 2 heterocycles. The lowest BCUT2D eigenvalue weighted by Gasteiger charge is -2.13.